The van der Waals surface area contributed by atoms with Crippen LogP contribution in [0.4, 0.5) is 18.9 Å². The van der Waals surface area contributed by atoms with Crippen LogP contribution in [0.3, 0.4) is 0 Å². The molecule has 2 aromatic rings. The van der Waals surface area contributed by atoms with E-state index in [9.17, 15) is 18.0 Å². The SMILES string of the molecule is Cc1cccc(C)c1NC(=O)Cn1nc(C(F)(F)F)c(Br)c1C1CC1. The van der Waals surface area contributed by atoms with Crippen LogP contribution in [0.2, 0.25) is 0 Å². The number of benzene rings is 1. The lowest BCUT2D eigenvalue weighted by molar-refractivity contribution is -0.142. The second-order valence-corrected chi connectivity index (χ2v) is 7.09. The van der Waals surface area contributed by atoms with Crippen molar-refractivity contribution in [2.75, 3.05) is 5.32 Å². The zero-order chi connectivity index (χ0) is 18.4. The molecular formula is C17H17BrF3N3O. The van der Waals surface area contributed by atoms with E-state index in [-0.39, 0.29) is 16.9 Å². The quantitative estimate of drug-likeness (QED) is 0.779. The average molecular weight is 416 g/mol. The van der Waals surface area contributed by atoms with Gasteiger partial charge in [0.1, 0.15) is 6.54 Å². The van der Waals surface area contributed by atoms with Crippen LogP contribution in [-0.2, 0) is 17.5 Å². The Morgan fingerprint density at radius 2 is 1.92 bits per heavy atom. The van der Waals surface area contributed by atoms with Crippen LogP contribution < -0.4 is 5.32 Å². The highest BCUT2D eigenvalue weighted by Crippen LogP contribution is 2.46. The Morgan fingerprint density at radius 3 is 2.44 bits per heavy atom. The van der Waals surface area contributed by atoms with Gasteiger partial charge in [-0.15, -0.1) is 0 Å². The molecular weight excluding hydrogens is 399 g/mol. The minimum atomic E-state index is -4.56. The van der Waals surface area contributed by atoms with Gasteiger partial charge in [-0.2, -0.15) is 18.3 Å². The van der Waals surface area contributed by atoms with Crippen molar-refractivity contribution in [2.45, 2.75) is 45.3 Å². The van der Waals surface area contributed by atoms with E-state index in [0.29, 0.717) is 11.4 Å². The van der Waals surface area contributed by atoms with Gasteiger partial charge in [0, 0.05) is 11.6 Å². The van der Waals surface area contributed by atoms with E-state index >= 15 is 0 Å². The van der Waals surface area contributed by atoms with Crippen molar-refractivity contribution in [3.8, 4) is 0 Å². The molecule has 1 fully saturated rings. The van der Waals surface area contributed by atoms with Crippen molar-refractivity contribution in [3.05, 3.63) is 45.2 Å². The van der Waals surface area contributed by atoms with Crippen molar-refractivity contribution in [2.24, 2.45) is 0 Å². The summed E-state index contributed by atoms with van der Waals surface area (Å²) in [5, 5.41) is 6.44. The summed E-state index contributed by atoms with van der Waals surface area (Å²) in [5.74, 6) is -0.381. The lowest BCUT2D eigenvalue weighted by Crippen LogP contribution is -2.22. The number of nitrogens with zero attached hydrogens (tertiary/aromatic N) is 2. The molecule has 0 radical (unpaired) electrons. The fourth-order valence-corrected chi connectivity index (χ4v) is 3.66. The lowest BCUT2D eigenvalue weighted by atomic mass is 10.1. The number of hydrogen-bond acceptors (Lipinski definition) is 2. The topological polar surface area (TPSA) is 46.9 Å². The number of rotatable bonds is 4. The number of nitrogens with one attached hydrogen (secondary N) is 1. The summed E-state index contributed by atoms with van der Waals surface area (Å²) in [7, 11) is 0. The highest BCUT2D eigenvalue weighted by atomic mass is 79.9. The van der Waals surface area contributed by atoms with Crippen LogP contribution in [0.25, 0.3) is 0 Å². The van der Waals surface area contributed by atoms with E-state index in [1.807, 2.05) is 32.0 Å². The Kier molecular flexibility index (Phi) is 4.66. The third kappa shape index (κ3) is 3.73. The molecule has 8 heteroatoms. The number of anilines is 1. The molecule has 0 saturated heterocycles. The van der Waals surface area contributed by atoms with E-state index in [0.717, 1.165) is 24.0 Å². The normalized spacial score (nSPS) is 14.6. The molecule has 0 spiro atoms. The fraction of sp³-hybridized carbons (Fsp3) is 0.412. The molecule has 1 aromatic carbocycles. The summed E-state index contributed by atoms with van der Waals surface area (Å²) in [6.07, 6.45) is -2.95. The van der Waals surface area contributed by atoms with E-state index in [1.165, 1.54) is 4.68 Å². The number of aryl methyl sites for hydroxylation is 2. The minimum Gasteiger partial charge on any atom is -0.324 e. The van der Waals surface area contributed by atoms with Crippen LogP contribution in [0.1, 0.15) is 41.3 Å². The zero-order valence-corrected chi connectivity index (χ0v) is 15.3. The van der Waals surface area contributed by atoms with Crippen LogP contribution >= 0.6 is 15.9 Å². The molecule has 25 heavy (non-hydrogen) atoms. The second kappa shape index (κ2) is 6.48. The third-order valence-corrected chi connectivity index (χ3v) is 4.98. The molecule has 0 atom stereocenters. The van der Waals surface area contributed by atoms with Crippen LogP contribution in [0.5, 0.6) is 0 Å². The number of aromatic nitrogens is 2. The highest BCUT2D eigenvalue weighted by molar-refractivity contribution is 9.10. The standard InChI is InChI=1S/C17H17BrF3N3O/c1-9-4-3-5-10(2)14(9)22-12(25)8-24-15(11-6-7-11)13(18)16(23-24)17(19,20)21/h3-5,11H,6-8H2,1-2H3,(H,22,25). The first-order valence-electron chi connectivity index (χ1n) is 7.88. The fourth-order valence-electron chi connectivity index (χ4n) is 2.83. The van der Waals surface area contributed by atoms with Gasteiger partial charge < -0.3 is 5.32 Å². The Hall–Kier alpha value is -1.83. The molecule has 0 aliphatic heterocycles. The van der Waals surface area contributed by atoms with Crippen molar-refractivity contribution >= 4 is 27.5 Å². The highest BCUT2D eigenvalue weighted by Gasteiger charge is 2.41. The third-order valence-electron chi connectivity index (χ3n) is 4.20. The molecule has 1 aromatic heterocycles. The second-order valence-electron chi connectivity index (χ2n) is 6.29. The van der Waals surface area contributed by atoms with Crippen LogP contribution in [0.15, 0.2) is 22.7 Å². The number of amides is 1. The molecule has 3 rings (SSSR count). The average Bonchev–Trinajstić information content (AvgIpc) is 3.27. The Morgan fingerprint density at radius 1 is 1.32 bits per heavy atom. The van der Waals surface area contributed by atoms with Crippen molar-refractivity contribution in [1.82, 2.24) is 9.78 Å². The molecule has 4 nitrogen and oxygen atoms in total. The zero-order valence-electron chi connectivity index (χ0n) is 13.7. The van der Waals surface area contributed by atoms with E-state index in [2.05, 4.69) is 26.3 Å². The van der Waals surface area contributed by atoms with Gasteiger partial charge in [0.2, 0.25) is 5.91 Å². The van der Waals surface area contributed by atoms with E-state index in [4.69, 9.17) is 0 Å². The van der Waals surface area contributed by atoms with Crippen LogP contribution in [0, 0.1) is 13.8 Å². The summed E-state index contributed by atoms with van der Waals surface area (Å²) in [5.41, 5.74) is 1.95. The van der Waals surface area contributed by atoms with Gasteiger partial charge in [-0.1, -0.05) is 18.2 Å². The van der Waals surface area contributed by atoms with Gasteiger partial charge >= 0.3 is 6.18 Å². The summed E-state index contributed by atoms with van der Waals surface area (Å²) >= 11 is 3.02. The van der Waals surface area contributed by atoms with Crippen LogP contribution in [-0.4, -0.2) is 15.7 Å². The minimum absolute atomic E-state index is 0.0194. The molecule has 1 saturated carbocycles. The number of halogens is 4. The first-order valence-corrected chi connectivity index (χ1v) is 8.67. The molecule has 1 N–H and O–H groups in total. The van der Waals surface area contributed by atoms with Gasteiger partial charge in [-0.25, -0.2) is 0 Å². The van der Waals surface area contributed by atoms with Gasteiger partial charge in [0.25, 0.3) is 0 Å². The van der Waals surface area contributed by atoms with Crippen molar-refractivity contribution < 1.29 is 18.0 Å². The molecule has 0 bridgehead atoms. The maximum absolute atomic E-state index is 13.1. The molecule has 0 unspecified atom stereocenters. The number of hydrogen-bond donors (Lipinski definition) is 1. The molecule has 1 amide bonds. The van der Waals surface area contributed by atoms with Gasteiger partial charge in [0.15, 0.2) is 5.69 Å². The van der Waals surface area contributed by atoms with E-state index < -0.39 is 17.8 Å². The van der Waals surface area contributed by atoms with Gasteiger partial charge in [0.05, 0.1) is 10.2 Å². The summed E-state index contributed by atoms with van der Waals surface area (Å²) in [6.45, 7) is 3.48. The first kappa shape index (κ1) is 18.0. The Labute approximate surface area is 151 Å². The Balaban J connectivity index is 1.86. The maximum atomic E-state index is 13.1. The molecule has 1 heterocycles. The number of alkyl halides is 3. The predicted octanol–water partition coefficient (Wildman–Crippen LogP) is 4.80. The largest absolute Gasteiger partial charge is 0.436 e. The summed E-state index contributed by atoms with van der Waals surface area (Å²) in [4.78, 5) is 12.4. The molecule has 1 aliphatic carbocycles. The smallest absolute Gasteiger partial charge is 0.324 e. The van der Waals surface area contributed by atoms with Gasteiger partial charge in [-0.3, -0.25) is 9.48 Å². The lowest BCUT2D eigenvalue weighted by Gasteiger charge is -2.12. The first-order chi connectivity index (χ1) is 11.7. The van der Waals surface area contributed by atoms with E-state index in [1.54, 1.807) is 0 Å². The molecule has 134 valence electrons. The molecule has 1 aliphatic rings. The summed E-state index contributed by atoms with van der Waals surface area (Å²) in [6, 6.07) is 5.61. The van der Waals surface area contributed by atoms with Gasteiger partial charge in [-0.05, 0) is 53.7 Å². The van der Waals surface area contributed by atoms with Crippen molar-refractivity contribution in [3.63, 3.8) is 0 Å². The van der Waals surface area contributed by atoms with Crippen molar-refractivity contribution in [1.29, 1.82) is 0 Å². The predicted molar refractivity (Wildman–Crippen MR) is 91.4 cm³/mol. The number of carbonyl (C=O) groups is 1. The maximum Gasteiger partial charge on any atom is 0.436 e. The monoisotopic (exact) mass is 415 g/mol. The summed E-state index contributed by atoms with van der Waals surface area (Å²) < 4.78 is 40.4. The number of carbonyl (C=O) groups excluding carboxylic acids is 1. The Bertz CT molecular complexity index is 805. The number of para-hydroxylation sites is 1.